The van der Waals surface area contributed by atoms with Crippen molar-refractivity contribution in [2.75, 3.05) is 0 Å². The summed E-state index contributed by atoms with van der Waals surface area (Å²) in [6.45, 7) is 5.66. The predicted molar refractivity (Wildman–Crippen MR) is 113 cm³/mol. The van der Waals surface area contributed by atoms with E-state index in [0.717, 1.165) is 11.1 Å². The van der Waals surface area contributed by atoms with Crippen molar-refractivity contribution in [3.8, 4) is 0 Å². The van der Waals surface area contributed by atoms with Crippen molar-refractivity contribution >= 4 is 44.4 Å². The summed E-state index contributed by atoms with van der Waals surface area (Å²) < 4.78 is 23.9. The van der Waals surface area contributed by atoms with Crippen molar-refractivity contribution in [2.45, 2.75) is 51.6 Å². The first-order chi connectivity index (χ1) is 13.3. The Morgan fingerprint density at radius 1 is 1.25 bits per heavy atom. The summed E-state index contributed by atoms with van der Waals surface area (Å²) in [5, 5.41) is 9.40. The number of aromatic carboxylic acids is 1. The quantitative estimate of drug-likeness (QED) is 0.592. The average molecular weight is 444 g/mol. The van der Waals surface area contributed by atoms with E-state index < -0.39 is 29.0 Å². The Bertz CT molecular complexity index is 945. The molecule has 5 atom stereocenters. The minimum absolute atomic E-state index is 0.00539. The lowest BCUT2D eigenvalue weighted by Crippen LogP contribution is -2.40. The fourth-order valence-electron chi connectivity index (χ4n) is 3.02. The van der Waals surface area contributed by atoms with E-state index in [0.29, 0.717) is 17.5 Å². The molecule has 0 spiro atoms. The Morgan fingerprint density at radius 2 is 1.86 bits per heavy atom. The van der Waals surface area contributed by atoms with E-state index in [9.17, 15) is 19.3 Å². The van der Waals surface area contributed by atoms with E-state index in [1.807, 2.05) is 20.8 Å². The Hall–Kier alpha value is -1.29. The van der Waals surface area contributed by atoms with Crippen molar-refractivity contribution in [2.24, 2.45) is 0 Å². The van der Waals surface area contributed by atoms with Gasteiger partial charge in [0.1, 0.15) is 0 Å². The molecule has 0 saturated carbocycles. The molecule has 0 radical (unpaired) electrons. The fourth-order valence-corrected chi connectivity index (χ4v) is 4.62. The van der Waals surface area contributed by atoms with Crippen LogP contribution < -0.4 is 5.56 Å². The van der Waals surface area contributed by atoms with Gasteiger partial charge in [0.15, 0.2) is 8.46 Å². The molecular formula is C17H23N2O6P3. The van der Waals surface area contributed by atoms with Gasteiger partial charge in [0.2, 0.25) is 5.69 Å². The predicted octanol–water partition coefficient (Wildman–Crippen LogP) is 3.13. The molecule has 8 nitrogen and oxygen atoms in total. The van der Waals surface area contributed by atoms with Gasteiger partial charge in [-0.2, -0.15) is 0 Å². The second kappa shape index (κ2) is 9.96. The number of aryl methyl sites for hydroxylation is 2. The number of nitrogens with zero attached hydrogens (tertiary/aromatic N) is 2. The maximum absolute atomic E-state index is 12.8. The van der Waals surface area contributed by atoms with Crippen LogP contribution in [0.4, 0.5) is 0 Å². The molecule has 2 unspecified atom stereocenters. The Balaban J connectivity index is 2.68. The van der Waals surface area contributed by atoms with Gasteiger partial charge in [0.25, 0.3) is 5.56 Å². The van der Waals surface area contributed by atoms with Gasteiger partial charge in [0, 0.05) is 18.9 Å². The third kappa shape index (κ3) is 4.64. The summed E-state index contributed by atoms with van der Waals surface area (Å²) in [5.74, 6) is -1.40. The van der Waals surface area contributed by atoms with Crippen molar-refractivity contribution in [3.63, 3.8) is 0 Å². The zero-order valence-electron chi connectivity index (χ0n) is 15.8. The number of carboxylic acids is 1. The second-order valence-electron chi connectivity index (χ2n) is 6.46. The molecule has 11 heteroatoms. The molecule has 1 N–H and O–H groups in total. The zero-order chi connectivity index (χ0) is 21.0. The second-order valence-corrected chi connectivity index (χ2v) is 7.81. The van der Waals surface area contributed by atoms with Gasteiger partial charge < -0.3 is 18.7 Å². The van der Waals surface area contributed by atoms with Crippen LogP contribution >= 0.6 is 27.4 Å². The molecule has 0 fully saturated rings. The maximum atomic E-state index is 12.8. The summed E-state index contributed by atoms with van der Waals surface area (Å²) in [6, 6.07) is 3.53. The fraction of sp³-hybridized carbons (Fsp3) is 0.471. The van der Waals surface area contributed by atoms with E-state index in [1.54, 1.807) is 12.1 Å². The molecular weight excluding hydrogens is 421 g/mol. The SMILES string of the molecule is CC[C@@H](OP)[C@@H](P=O)[C@H](Cn1c(=O)c(C(=O)O)nc2cc(C)c(C)cc21)OP. The number of hydrogen-bond acceptors (Lipinski definition) is 6. The molecule has 0 saturated heterocycles. The van der Waals surface area contributed by atoms with Crippen LogP contribution in [0.1, 0.15) is 35.0 Å². The first-order valence-electron chi connectivity index (χ1n) is 8.57. The van der Waals surface area contributed by atoms with Crippen LogP contribution in [-0.4, -0.2) is 38.5 Å². The Kier molecular flexibility index (Phi) is 8.18. The molecule has 2 rings (SSSR count). The van der Waals surface area contributed by atoms with Crippen LogP contribution in [0.2, 0.25) is 0 Å². The third-order valence-electron chi connectivity index (χ3n) is 4.76. The van der Waals surface area contributed by atoms with Crippen LogP contribution in [0.25, 0.3) is 11.0 Å². The van der Waals surface area contributed by atoms with Crippen molar-refractivity contribution in [1.29, 1.82) is 0 Å². The molecule has 1 heterocycles. The molecule has 28 heavy (non-hydrogen) atoms. The first kappa shape index (κ1) is 23.0. The standard InChI is InChI=1S/C17H23N2O6P3/c1-4-12(24-26)15(28-23)13(25-27)7-19-11-6-9(3)8(2)5-10(11)18-14(16(19)20)17(21)22/h5-6,12-13,15H,4,7,26-27H2,1-3H3,(H,21,22)/t12-,13+,15-/m1/s1. The van der Waals surface area contributed by atoms with Gasteiger partial charge in [-0.3, -0.25) is 9.36 Å². The summed E-state index contributed by atoms with van der Waals surface area (Å²) in [4.78, 5) is 28.4. The third-order valence-corrected chi connectivity index (χ3v) is 6.37. The zero-order valence-corrected chi connectivity index (χ0v) is 19.0. The highest BCUT2D eigenvalue weighted by atomic mass is 31.1. The van der Waals surface area contributed by atoms with Crippen molar-refractivity contribution in [3.05, 3.63) is 39.3 Å². The van der Waals surface area contributed by atoms with Gasteiger partial charge >= 0.3 is 5.97 Å². The van der Waals surface area contributed by atoms with Gasteiger partial charge in [-0.1, -0.05) is 6.92 Å². The normalized spacial score (nSPS) is 14.9. The number of benzene rings is 1. The highest BCUT2D eigenvalue weighted by molar-refractivity contribution is 7.25. The molecule has 0 amide bonds. The summed E-state index contributed by atoms with van der Waals surface area (Å²) in [5.41, 5.74) is 0.889. The van der Waals surface area contributed by atoms with E-state index >= 15 is 0 Å². The van der Waals surface area contributed by atoms with Crippen LogP contribution in [0.5, 0.6) is 0 Å². The molecule has 0 aliphatic carbocycles. The van der Waals surface area contributed by atoms with Crippen molar-refractivity contribution in [1.82, 2.24) is 9.55 Å². The molecule has 1 aromatic carbocycles. The van der Waals surface area contributed by atoms with Crippen LogP contribution in [0.3, 0.4) is 0 Å². The molecule has 0 aliphatic heterocycles. The molecule has 0 bridgehead atoms. The molecule has 2 aromatic rings. The minimum atomic E-state index is -1.40. The van der Waals surface area contributed by atoms with E-state index in [1.165, 1.54) is 4.57 Å². The minimum Gasteiger partial charge on any atom is -0.476 e. The number of carbonyl (C=O) groups is 1. The number of hydrogen-bond donors (Lipinski definition) is 1. The summed E-state index contributed by atoms with van der Waals surface area (Å²) in [7, 11) is 4.08. The van der Waals surface area contributed by atoms with Crippen molar-refractivity contribution < 1.29 is 23.5 Å². The Morgan fingerprint density at radius 3 is 2.36 bits per heavy atom. The molecule has 152 valence electrons. The largest absolute Gasteiger partial charge is 0.476 e. The molecule has 0 aliphatic rings. The lowest BCUT2D eigenvalue weighted by molar-refractivity contribution is 0.0687. The lowest BCUT2D eigenvalue weighted by atomic mass is 10.1. The van der Waals surface area contributed by atoms with Gasteiger partial charge in [-0.15, -0.1) is 0 Å². The summed E-state index contributed by atoms with van der Waals surface area (Å²) in [6.07, 6.45) is -0.485. The highest BCUT2D eigenvalue weighted by Gasteiger charge is 2.31. The van der Waals surface area contributed by atoms with Gasteiger partial charge in [0.05, 0.1) is 35.4 Å². The Labute approximate surface area is 168 Å². The smallest absolute Gasteiger partial charge is 0.360 e. The van der Waals surface area contributed by atoms with E-state index in [-0.39, 0.29) is 21.1 Å². The van der Waals surface area contributed by atoms with Crippen LogP contribution in [-0.2, 0) is 20.2 Å². The van der Waals surface area contributed by atoms with E-state index in [2.05, 4.69) is 23.9 Å². The van der Waals surface area contributed by atoms with E-state index in [4.69, 9.17) is 9.05 Å². The maximum Gasteiger partial charge on any atom is 0.360 e. The molecule has 1 aromatic heterocycles. The number of aromatic nitrogens is 2. The number of carboxylic acid groups (broad SMARTS) is 1. The number of rotatable bonds is 9. The van der Waals surface area contributed by atoms with Crippen LogP contribution in [0, 0.1) is 13.8 Å². The highest BCUT2D eigenvalue weighted by Crippen LogP contribution is 2.27. The topological polar surface area (TPSA) is 108 Å². The first-order valence-corrected chi connectivity index (χ1v) is 10.4. The van der Waals surface area contributed by atoms with Gasteiger partial charge in [-0.05, 0) is 43.5 Å². The monoisotopic (exact) mass is 444 g/mol. The van der Waals surface area contributed by atoms with Gasteiger partial charge in [-0.25, -0.2) is 9.78 Å². The lowest BCUT2D eigenvalue weighted by Gasteiger charge is -2.27. The average Bonchev–Trinajstić information content (AvgIpc) is 2.67. The summed E-state index contributed by atoms with van der Waals surface area (Å²) >= 11 is 0. The van der Waals surface area contributed by atoms with Crippen LogP contribution in [0.15, 0.2) is 16.9 Å². The number of fused-ring (bicyclic) bond motifs is 1.